The van der Waals surface area contributed by atoms with E-state index in [0.29, 0.717) is 0 Å². The number of nitrogens with zero attached hydrogens (tertiary/aromatic N) is 3. The van der Waals surface area contributed by atoms with Gasteiger partial charge in [-0.25, -0.2) is 4.98 Å². The van der Waals surface area contributed by atoms with Crippen molar-refractivity contribution in [2.75, 3.05) is 7.05 Å². The maximum absolute atomic E-state index is 4.33. The first-order chi connectivity index (χ1) is 8.74. The van der Waals surface area contributed by atoms with Crippen molar-refractivity contribution in [2.24, 2.45) is 0 Å². The second-order valence-electron chi connectivity index (χ2n) is 4.09. The minimum absolute atomic E-state index is 0.275. The Morgan fingerprint density at radius 1 is 1.33 bits per heavy atom. The van der Waals surface area contributed by atoms with Crippen LogP contribution in [0.3, 0.4) is 0 Å². The van der Waals surface area contributed by atoms with Gasteiger partial charge in [0.15, 0.2) is 0 Å². The van der Waals surface area contributed by atoms with Gasteiger partial charge in [-0.3, -0.25) is 4.68 Å². The molecule has 0 fully saturated rings. The van der Waals surface area contributed by atoms with Crippen molar-refractivity contribution in [3.63, 3.8) is 0 Å². The summed E-state index contributed by atoms with van der Waals surface area (Å²) in [6.07, 6.45) is 2.48. The van der Waals surface area contributed by atoms with Crippen LogP contribution in [0.4, 0.5) is 0 Å². The molecular formula is C13H17IN4. The molecule has 0 aliphatic heterocycles. The van der Waals surface area contributed by atoms with E-state index in [1.54, 1.807) is 6.33 Å². The van der Waals surface area contributed by atoms with Crippen LogP contribution in [0.2, 0.25) is 0 Å². The largest absolute Gasteiger partial charge is 0.313 e. The average Bonchev–Trinajstić information content (AvgIpc) is 2.84. The molecule has 1 heterocycles. The lowest BCUT2D eigenvalue weighted by molar-refractivity contribution is 0.533. The van der Waals surface area contributed by atoms with Gasteiger partial charge >= 0.3 is 0 Å². The maximum atomic E-state index is 4.33. The van der Waals surface area contributed by atoms with Crippen LogP contribution < -0.4 is 5.32 Å². The molecule has 2 aromatic rings. The predicted molar refractivity (Wildman–Crippen MR) is 80.4 cm³/mol. The van der Waals surface area contributed by atoms with Crippen molar-refractivity contribution in [1.82, 2.24) is 20.1 Å². The Kier molecular flexibility index (Phi) is 4.71. The molecule has 0 aliphatic carbocycles. The van der Waals surface area contributed by atoms with E-state index in [9.17, 15) is 0 Å². The normalized spacial score (nSPS) is 12.6. The summed E-state index contributed by atoms with van der Waals surface area (Å²) in [5, 5.41) is 7.55. The molecule has 0 bridgehead atoms. The molecule has 0 amide bonds. The first kappa shape index (κ1) is 13.5. The molecule has 18 heavy (non-hydrogen) atoms. The first-order valence-electron chi connectivity index (χ1n) is 6.04. The molecule has 0 radical (unpaired) electrons. The lowest BCUT2D eigenvalue weighted by atomic mass is 10.0. The average molecular weight is 356 g/mol. The molecule has 1 aromatic carbocycles. The minimum Gasteiger partial charge on any atom is -0.313 e. The Balaban J connectivity index is 2.17. The summed E-state index contributed by atoms with van der Waals surface area (Å²) in [6.45, 7) is 2.94. The zero-order valence-corrected chi connectivity index (χ0v) is 12.8. The number of hydrogen-bond acceptors (Lipinski definition) is 3. The van der Waals surface area contributed by atoms with Gasteiger partial charge in [0.25, 0.3) is 0 Å². The standard InChI is InChI=1S/C13H17IN4/c1-3-18-13(16-9-17-18)8-12(15-2)10-4-6-11(14)7-5-10/h4-7,9,12,15H,3,8H2,1-2H3. The van der Waals surface area contributed by atoms with E-state index in [1.807, 2.05) is 11.7 Å². The van der Waals surface area contributed by atoms with Crippen LogP contribution in [0.5, 0.6) is 0 Å². The number of likely N-dealkylation sites (N-methyl/N-ethyl adjacent to an activating group) is 1. The van der Waals surface area contributed by atoms with Gasteiger partial charge in [0.2, 0.25) is 0 Å². The quantitative estimate of drug-likeness (QED) is 0.837. The van der Waals surface area contributed by atoms with Gasteiger partial charge in [0.05, 0.1) is 0 Å². The topological polar surface area (TPSA) is 42.7 Å². The summed E-state index contributed by atoms with van der Waals surface area (Å²) in [5.74, 6) is 1.02. The summed E-state index contributed by atoms with van der Waals surface area (Å²) in [6, 6.07) is 8.86. The fraction of sp³-hybridized carbons (Fsp3) is 0.385. The van der Waals surface area contributed by atoms with Crippen LogP contribution in [-0.4, -0.2) is 21.8 Å². The van der Waals surface area contributed by atoms with Crippen LogP contribution in [0, 0.1) is 3.57 Å². The Hall–Kier alpha value is -0.950. The maximum Gasteiger partial charge on any atom is 0.138 e. The highest BCUT2D eigenvalue weighted by Crippen LogP contribution is 2.18. The van der Waals surface area contributed by atoms with Crippen molar-refractivity contribution in [3.05, 3.63) is 45.6 Å². The van der Waals surface area contributed by atoms with Crippen LogP contribution in [0.1, 0.15) is 24.4 Å². The molecule has 96 valence electrons. The molecule has 1 aromatic heterocycles. The van der Waals surface area contributed by atoms with E-state index in [0.717, 1.165) is 18.8 Å². The van der Waals surface area contributed by atoms with Crippen LogP contribution in [0.15, 0.2) is 30.6 Å². The van der Waals surface area contributed by atoms with E-state index in [4.69, 9.17) is 0 Å². The number of benzene rings is 1. The second kappa shape index (κ2) is 6.29. The number of halogens is 1. The van der Waals surface area contributed by atoms with Crippen molar-refractivity contribution in [3.8, 4) is 0 Å². The lowest BCUT2D eigenvalue weighted by Crippen LogP contribution is -2.21. The number of nitrogens with one attached hydrogen (secondary N) is 1. The van der Waals surface area contributed by atoms with E-state index in [-0.39, 0.29) is 6.04 Å². The summed E-state index contributed by atoms with van der Waals surface area (Å²) in [7, 11) is 1.98. The molecule has 5 heteroatoms. The van der Waals surface area contributed by atoms with Gasteiger partial charge in [-0.1, -0.05) is 12.1 Å². The summed E-state index contributed by atoms with van der Waals surface area (Å²) >= 11 is 2.32. The summed E-state index contributed by atoms with van der Waals surface area (Å²) in [4.78, 5) is 4.33. The highest BCUT2D eigenvalue weighted by Gasteiger charge is 2.13. The Labute approximate surface area is 121 Å². The molecule has 1 atom stereocenters. The number of hydrogen-bond donors (Lipinski definition) is 1. The molecule has 4 nitrogen and oxygen atoms in total. The zero-order chi connectivity index (χ0) is 13.0. The highest BCUT2D eigenvalue weighted by atomic mass is 127. The minimum atomic E-state index is 0.275. The monoisotopic (exact) mass is 356 g/mol. The molecular weight excluding hydrogens is 339 g/mol. The number of rotatable bonds is 5. The molecule has 0 saturated carbocycles. The molecule has 0 aliphatic rings. The molecule has 0 saturated heterocycles. The molecule has 2 rings (SSSR count). The lowest BCUT2D eigenvalue weighted by Gasteiger charge is -2.16. The van der Waals surface area contributed by atoms with Gasteiger partial charge in [0.1, 0.15) is 12.2 Å². The fourth-order valence-corrected chi connectivity index (χ4v) is 2.33. The van der Waals surface area contributed by atoms with Gasteiger partial charge in [-0.05, 0) is 54.3 Å². The van der Waals surface area contributed by atoms with E-state index >= 15 is 0 Å². The number of aryl methyl sites for hydroxylation is 1. The Morgan fingerprint density at radius 3 is 2.67 bits per heavy atom. The van der Waals surface area contributed by atoms with Gasteiger partial charge < -0.3 is 5.32 Å². The van der Waals surface area contributed by atoms with Crippen LogP contribution >= 0.6 is 22.6 Å². The van der Waals surface area contributed by atoms with E-state index in [2.05, 4.69) is 69.2 Å². The third-order valence-corrected chi connectivity index (χ3v) is 3.72. The van der Waals surface area contributed by atoms with Crippen LogP contribution in [0.25, 0.3) is 0 Å². The molecule has 1 unspecified atom stereocenters. The Bertz CT molecular complexity index is 492. The van der Waals surface area contributed by atoms with E-state index < -0.39 is 0 Å². The third-order valence-electron chi connectivity index (χ3n) is 3.00. The highest BCUT2D eigenvalue weighted by molar-refractivity contribution is 14.1. The second-order valence-corrected chi connectivity index (χ2v) is 5.33. The van der Waals surface area contributed by atoms with E-state index in [1.165, 1.54) is 9.13 Å². The fourth-order valence-electron chi connectivity index (χ4n) is 1.97. The smallest absolute Gasteiger partial charge is 0.138 e. The van der Waals surface area contributed by atoms with Gasteiger partial charge in [-0.15, -0.1) is 0 Å². The predicted octanol–water partition coefficient (Wildman–Crippen LogP) is 2.41. The van der Waals surface area contributed by atoms with Crippen molar-refractivity contribution >= 4 is 22.6 Å². The van der Waals surface area contributed by atoms with Gasteiger partial charge in [0, 0.05) is 22.6 Å². The summed E-state index contributed by atoms with van der Waals surface area (Å²) < 4.78 is 3.19. The van der Waals surface area contributed by atoms with Crippen molar-refractivity contribution in [2.45, 2.75) is 25.9 Å². The van der Waals surface area contributed by atoms with Gasteiger partial charge in [-0.2, -0.15) is 5.10 Å². The first-order valence-corrected chi connectivity index (χ1v) is 7.12. The number of aromatic nitrogens is 3. The van der Waals surface area contributed by atoms with Crippen molar-refractivity contribution < 1.29 is 0 Å². The van der Waals surface area contributed by atoms with Crippen LogP contribution in [-0.2, 0) is 13.0 Å². The molecule has 1 N–H and O–H groups in total. The SMILES string of the molecule is CCn1ncnc1CC(NC)c1ccc(I)cc1. The third kappa shape index (κ3) is 3.08. The van der Waals surface area contributed by atoms with Crippen molar-refractivity contribution in [1.29, 1.82) is 0 Å². The summed E-state index contributed by atoms with van der Waals surface area (Å²) in [5.41, 5.74) is 1.28. The molecule has 0 spiro atoms. The zero-order valence-electron chi connectivity index (χ0n) is 10.6. The Morgan fingerprint density at radius 2 is 2.06 bits per heavy atom.